The number of likely N-dealkylation sites (tertiary alicyclic amines) is 1. The van der Waals surface area contributed by atoms with E-state index < -0.39 is 0 Å². The molecule has 0 atom stereocenters. The molecule has 0 spiro atoms. The van der Waals surface area contributed by atoms with Crippen molar-refractivity contribution in [3.8, 4) is 0 Å². The van der Waals surface area contributed by atoms with E-state index in [0.29, 0.717) is 0 Å². The Kier molecular flexibility index (Phi) is 4.45. The third-order valence-corrected chi connectivity index (χ3v) is 5.80. The van der Waals surface area contributed by atoms with E-state index in [1.807, 2.05) is 0 Å². The second-order valence-corrected chi connectivity index (χ2v) is 7.45. The molecule has 5 heteroatoms. The molecule has 3 aliphatic heterocycles. The molecule has 4 nitrogen and oxygen atoms in total. The van der Waals surface area contributed by atoms with Gasteiger partial charge in [-0.25, -0.2) is 3.11 Å². The second-order valence-electron chi connectivity index (χ2n) is 6.09. The number of piperidine rings is 1. The Labute approximate surface area is 125 Å². The SMILES string of the molecule is CN1CC(N2CCN(C3CCN(I)CC3)CC2)C1. The number of hydrogen-bond donors (Lipinski definition) is 0. The number of hydrogen-bond acceptors (Lipinski definition) is 4. The molecule has 0 unspecified atom stereocenters. The van der Waals surface area contributed by atoms with E-state index >= 15 is 0 Å². The maximum Gasteiger partial charge on any atom is 0.0351 e. The van der Waals surface area contributed by atoms with Crippen molar-refractivity contribution in [3.63, 3.8) is 0 Å². The summed E-state index contributed by atoms with van der Waals surface area (Å²) in [6.07, 6.45) is 2.74. The minimum absolute atomic E-state index is 0.855. The van der Waals surface area contributed by atoms with Crippen LogP contribution in [0, 0.1) is 0 Å². The zero-order chi connectivity index (χ0) is 12.5. The summed E-state index contributed by atoms with van der Waals surface area (Å²) in [4.78, 5) is 7.89. The van der Waals surface area contributed by atoms with Gasteiger partial charge in [-0.15, -0.1) is 0 Å². The first-order valence-corrected chi connectivity index (χ1v) is 8.26. The van der Waals surface area contributed by atoms with Gasteiger partial charge < -0.3 is 4.90 Å². The third kappa shape index (κ3) is 3.00. The minimum Gasteiger partial charge on any atom is -0.303 e. The predicted octanol–water partition coefficient (Wildman–Crippen LogP) is 0.732. The number of rotatable bonds is 2. The third-order valence-electron chi connectivity index (χ3n) is 4.84. The van der Waals surface area contributed by atoms with Crippen molar-refractivity contribution in [1.29, 1.82) is 0 Å². The number of halogens is 1. The van der Waals surface area contributed by atoms with Gasteiger partial charge in [0, 0.05) is 87.3 Å². The van der Waals surface area contributed by atoms with Gasteiger partial charge in [0.25, 0.3) is 0 Å². The highest BCUT2D eigenvalue weighted by Crippen LogP contribution is 2.22. The molecule has 0 aliphatic carbocycles. The van der Waals surface area contributed by atoms with Crippen molar-refractivity contribution in [1.82, 2.24) is 17.8 Å². The van der Waals surface area contributed by atoms with E-state index in [2.05, 4.69) is 47.7 Å². The number of nitrogens with zero attached hydrogens (tertiary/aromatic N) is 4. The largest absolute Gasteiger partial charge is 0.303 e. The first kappa shape index (κ1) is 13.5. The van der Waals surface area contributed by atoms with E-state index in [-0.39, 0.29) is 0 Å². The summed E-state index contributed by atoms with van der Waals surface area (Å²) in [6.45, 7) is 10.3. The molecule has 18 heavy (non-hydrogen) atoms. The summed E-state index contributed by atoms with van der Waals surface area (Å²) in [6, 6.07) is 1.72. The zero-order valence-corrected chi connectivity index (χ0v) is 13.6. The lowest BCUT2D eigenvalue weighted by Gasteiger charge is -2.48. The lowest BCUT2D eigenvalue weighted by atomic mass is 10.0. The van der Waals surface area contributed by atoms with Crippen LogP contribution in [-0.2, 0) is 0 Å². The van der Waals surface area contributed by atoms with E-state index in [1.165, 1.54) is 65.2 Å². The average Bonchev–Trinajstić information content (AvgIpc) is 2.36. The predicted molar refractivity (Wildman–Crippen MR) is 83.0 cm³/mol. The van der Waals surface area contributed by atoms with Gasteiger partial charge in [-0.3, -0.25) is 9.80 Å². The lowest BCUT2D eigenvalue weighted by molar-refractivity contribution is 0.00216. The zero-order valence-electron chi connectivity index (χ0n) is 11.4. The fraction of sp³-hybridized carbons (Fsp3) is 1.00. The highest BCUT2D eigenvalue weighted by Gasteiger charge is 2.33. The molecular formula is C13H25IN4. The van der Waals surface area contributed by atoms with Gasteiger partial charge in [0.05, 0.1) is 0 Å². The molecule has 3 fully saturated rings. The van der Waals surface area contributed by atoms with Gasteiger partial charge >= 0.3 is 0 Å². The average molecular weight is 364 g/mol. The molecule has 3 rings (SSSR count). The Hall–Kier alpha value is 0.570. The van der Waals surface area contributed by atoms with Crippen molar-refractivity contribution in [2.24, 2.45) is 0 Å². The molecule has 0 aromatic rings. The van der Waals surface area contributed by atoms with Crippen LogP contribution < -0.4 is 0 Å². The maximum absolute atomic E-state index is 2.75. The summed E-state index contributed by atoms with van der Waals surface area (Å²) in [5, 5.41) is 0. The molecule has 0 N–H and O–H groups in total. The fourth-order valence-electron chi connectivity index (χ4n) is 3.56. The highest BCUT2D eigenvalue weighted by atomic mass is 127. The Morgan fingerprint density at radius 2 is 1.28 bits per heavy atom. The fourth-order valence-corrected chi connectivity index (χ4v) is 4.12. The quantitative estimate of drug-likeness (QED) is 0.529. The molecule has 0 saturated carbocycles. The normalized spacial score (nSPS) is 31.7. The molecule has 0 amide bonds. The molecule has 0 aromatic carbocycles. The maximum atomic E-state index is 2.75. The number of piperazine rings is 1. The van der Waals surface area contributed by atoms with Crippen molar-refractivity contribution in [2.75, 3.05) is 59.4 Å². The number of likely N-dealkylation sites (N-methyl/N-ethyl adjacent to an activating group) is 1. The Bertz CT molecular complexity index is 266. The summed E-state index contributed by atoms with van der Waals surface area (Å²) in [5.74, 6) is 0. The van der Waals surface area contributed by atoms with Crippen molar-refractivity contribution in [2.45, 2.75) is 24.9 Å². The van der Waals surface area contributed by atoms with Crippen molar-refractivity contribution >= 4 is 22.9 Å². The molecule has 3 aliphatic rings. The molecule has 3 heterocycles. The van der Waals surface area contributed by atoms with Gasteiger partial charge in [-0.05, 0) is 19.9 Å². The van der Waals surface area contributed by atoms with E-state index in [1.54, 1.807) is 0 Å². The van der Waals surface area contributed by atoms with E-state index in [9.17, 15) is 0 Å². The molecule has 3 saturated heterocycles. The molecular weight excluding hydrogens is 339 g/mol. The summed E-state index contributed by atoms with van der Waals surface area (Å²) in [7, 11) is 2.23. The Morgan fingerprint density at radius 1 is 0.778 bits per heavy atom. The van der Waals surface area contributed by atoms with E-state index in [4.69, 9.17) is 0 Å². The van der Waals surface area contributed by atoms with Gasteiger partial charge in [-0.1, -0.05) is 0 Å². The minimum atomic E-state index is 0.855. The Morgan fingerprint density at radius 3 is 1.78 bits per heavy atom. The first-order chi connectivity index (χ1) is 8.72. The van der Waals surface area contributed by atoms with Gasteiger partial charge in [0.1, 0.15) is 0 Å². The standard InChI is InChI=1S/C13H25IN4/c1-15-10-13(11-15)17-8-6-16(7-9-17)12-2-4-18(14)5-3-12/h12-13H,2-11H2,1H3. The topological polar surface area (TPSA) is 13.0 Å². The van der Waals surface area contributed by atoms with Crippen molar-refractivity contribution < 1.29 is 0 Å². The monoisotopic (exact) mass is 364 g/mol. The van der Waals surface area contributed by atoms with Gasteiger partial charge in [0.2, 0.25) is 0 Å². The lowest BCUT2D eigenvalue weighted by Crippen LogP contribution is -2.62. The van der Waals surface area contributed by atoms with Crippen LogP contribution in [0.15, 0.2) is 0 Å². The Balaban J connectivity index is 1.42. The van der Waals surface area contributed by atoms with Gasteiger partial charge in [-0.2, -0.15) is 0 Å². The van der Waals surface area contributed by atoms with Crippen molar-refractivity contribution in [3.05, 3.63) is 0 Å². The molecule has 0 bridgehead atoms. The highest BCUT2D eigenvalue weighted by molar-refractivity contribution is 14.1. The van der Waals surface area contributed by atoms with Crippen LogP contribution in [0.1, 0.15) is 12.8 Å². The van der Waals surface area contributed by atoms with Crippen LogP contribution in [-0.4, -0.2) is 89.3 Å². The van der Waals surface area contributed by atoms with Crippen LogP contribution in [0.3, 0.4) is 0 Å². The van der Waals surface area contributed by atoms with Gasteiger partial charge in [0.15, 0.2) is 0 Å². The first-order valence-electron chi connectivity index (χ1n) is 7.30. The van der Waals surface area contributed by atoms with Crippen LogP contribution >= 0.6 is 22.9 Å². The van der Waals surface area contributed by atoms with Crippen LogP contribution in [0.2, 0.25) is 0 Å². The second kappa shape index (κ2) is 5.91. The van der Waals surface area contributed by atoms with Crippen LogP contribution in [0.25, 0.3) is 0 Å². The molecule has 0 radical (unpaired) electrons. The smallest absolute Gasteiger partial charge is 0.0351 e. The van der Waals surface area contributed by atoms with E-state index in [0.717, 1.165) is 12.1 Å². The molecule has 0 aromatic heterocycles. The molecule has 104 valence electrons. The van der Waals surface area contributed by atoms with Crippen LogP contribution in [0.4, 0.5) is 0 Å². The summed E-state index contributed by atoms with van der Waals surface area (Å²) >= 11 is 2.47. The van der Waals surface area contributed by atoms with Crippen LogP contribution in [0.5, 0.6) is 0 Å². The summed E-state index contributed by atoms with van der Waals surface area (Å²) < 4.78 is 2.44. The summed E-state index contributed by atoms with van der Waals surface area (Å²) in [5.41, 5.74) is 0.